The number of thioether (sulfide) groups is 1. The van der Waals surface area contributed by atoms with E-state index in [1.807, 2.05) is 37.6 Å². The fraction of sp³-hybridized carbons (Fsp3) is 0.500. The largest absolute Gasteiger partial charge is 0.490 e. The second-order valence-electron chi connectivity index (χ2n) is 4.59. The summed E-state index contributed by atoms with van der Waals surface area (Å²) in [4.78, 5) is 11.3. The molecule has 1 fully saturated rings. The molecule has 0 aromatic heterocycles. The van der Waals surface area contributed by atoms with Crippen molar-refractivity contribution in [2.45, 2.75) is 31.4 Å². The summed E-state index contributed by atoms with van der Waals surface area (Å²) in [6.45, 7) is 0. The summed E-state index contributed by atoms with van der Waals surface area (Å²) in [5, 5.41) is 3.43. The van der Waals surface area contributed by atoms with E-state index < -0.39 is 0 Å². The van der Waals surface area contributed by atoms with E-state index >= 15 is 0 Å². The van der Waals surface area contributed by atoms with Gasteiger partial charge in [-0.05, 0) is 43.8 Å². The minimum absolute atomic E-state index is 0.194. The topological polar surface area (TPSA) is 38.3 Å². The van der Waals surface area contributed by atoms with Crippen LogP contribution in [0.4, 0.5) is 0 Å². The molecule has 0 amide bonds. The molecule has 1 aliphatic rings. The SMILES string of the molecule is CN[C@H]1C[C@H](Oc2ccc(CC(=O)SC)cc2)C1. The van der Waals surface area contributed by atoms with E-state index in [9.17, 15) is 4.79 Å². The molecule has 0 atom stereocenters. The molecule has 18 heavy (non-hydrogen) atoms. The molecule has 1 saturated carbocycles. The van der Waals surface area contributed by atoms with Crippen LogP contribution in [0.15, 0.2) is 24.3 Å². The summed E-state index contributed by atoms with van der Waals surface area (Å²) < 4.78 is 5.84. The van der Waals surface area contributed by atoms with Gasteiger partial charge in [0.05, 0.1) is 0 Å². The number of ether oxygens (including phenoxy) is 1. The lowest BCUT2D eigenvalue weighted by atomic mass is 9.89. The molecule has 4 heteroatoms. The van der Waals surface area contributed by atoms with Crippen LogP contribution in [0.25, 0.3) is 0 Å². The van der Waals surface area contributed by atoms with Crippen LogP contribution < -0.4 is 10.1 Å². The Labute approximate surface area is 112 Å². The first-order valence-corrected chi connectivity index (χ1v) is 7.43. The van der Waals surface area contributed by atoms with Gasteiger partial charge in [0.1, 0.15) is 11.9 Å². The molecule has 1 N–H and O–H groups in total. The Morgan fingerprint density at radius 3 is 2.61 bits per heavy atom. The van der Waals surface area contributed by atoms with Gasteiger partial charge < -0.3 is 10.1 Å². The highest BCUT2D eigenvalue weighted by molar-refractivity contribution is 8.13. The number of nitrogens with one attached hydrogen (secondary N) is 1. The Kier molecular flexibility index (Phi) is 4.66. The third-order valence-electron chi connectivity index (χ3n) is 3.31. The molecule has 0 unspecified atom stereocenters. The Bertz CT molecular complexity index is 399. The molecule has 98 valence electrons. The van der Waals surface area contributed by atoms with Gasteiger partial charge in [0, 0.05) is 12.5 Å². The third-order valence-corrected chi connectivity index (χ3v) is 3.90. The zero-order valence-corrected chi connectivity index (χ0v) is 11.6. The monoisotopic (exact) mass is 265 g/mol. The number of benzene rings is 1. The van der Waals surface area contributed by atoms with Gasteiger partial charge in [-0.25, -0.2) is 0 Å². The van der Waals surface area contributed by atoms with Crippen molar-refractivity contribution in [3.8, 4) is 5.75 Å². The van der Waals surface area contributed by atoms with Gasteiger partial charge >= 0.3 is 0 Å². The van der Waals surface area contributed by atoms with Gasteiger partial charge in [-0.1, -0.05) is 23.9 Å². The molecule has 1 aliphatic carbocycles. The van der Waals surface area contributed by atoms with Crippen LogP contribution in [0, 0.1) is 0 Å². The smallest absolute Gasteiger partial charge is 0.193 e. The molecule has 0 heterocycles. The van der Waals surface area contributed by atoms with Crippen molar-refractivity contribution in [3.63, 3.8) is 0 Å². The van der Waals surface area contributed by atoms with Gasteiger partial charge in [-0.15, -0.1) is 0 Å². The Morgan fingerprint density at radius 2 is 2.06 bits per heavy atom. The third kappa shape index (κ3) is 3.50. The average Bonchev–Trinajstić information content (AvgIpc) is 2.35. The maximum absolute atomic E-state index is 11.3. The van der Waals surface area contributed by atoms with E-state index in [2.05, 4.69) is 5.32 Å². The number of rotatable bonds is 5. The second kappa shape index (κ2) is 6.25. The minimum Gasteiger partial charge on any atom is -0.490 e. The predicted octanol–water partition coefficient (Wildman–Crippen LogP) is 2.25. The van der Waals surface area contributed by atoms with Gasteiger partial charge in [0.15, 0.2) is 5.12 Å². The van der Waals surface area contributed by atoms with E-state index in [1.54, 1.807) is 0 Å². The van der Waals surface area contributed by atoms with Crippen molar-refractivity contribution in [1.29, 1.82) is 0 Å². The molecule has 1 aromatic rings. The summed E-state index contributed by atoms with van der Waals surface area (Å²) in [5.41, 5.74) is 1.04. The van der Waals surface area contributed by atoms with Crippen molar-refractivity contribution in [2.75, 3.05) is 13.3 Å². The molecule has 0 bridgehead atoms. The normalized spacial score (nSPS) is 22.3. The lowest BCUT2D eigenvalue weighted by Crippen LogP contribution is -2.45. The lowest BCUT2D eigenvalue weighted by Gasteiger charge is -2.35. The van der Waals surface area contributed by atoms with Crippen molar-refractivity contribution in [2.24, 2.45) is 0 Å². The molecule has 1 aromatic carbocycles. The van der Waals surface area contributed by atoms with E-state index in [-0.39, 0.29) is 5.12 Å². The minimum atomic E-state index is 0.194. The number of carbonyl (C=O) groups is 1. The lowest BCUT2D eigenvalue weighted by molar-refractivity contribution is -0.110. The van der Waals surface area contributed by atoms with Crippen LogP contribution in [0.3, 0.4) is 0 Å². The Balaban J connectivity index is 1.83. The number of hydrogen-bond acceptors (Lipinski definition) is 4. The summed E-state index contributed by atoms with van der Waals surface area (Å²) in [6, 6.07) is 8.45. The van der Waals surface area contributed by atoms with Gasteiger partial charge in [-0.2, -0.15) is 0 Å². The molecule has 0 spiro atoms. The summed E-state index contributed by atoms with van der Waals surface area (Å²) in [7, 11) is 1.98. The highest BCUT2D eigenvalue weighted by atomic mass is 32.2. The average molecular weight is 265 g/mol. The van der Waals surface area contributed by atoms with Crippen molar-refractivity contribution in [3.05, 3.63) is 29.8 Å². The maximum Gasteiger partial charge on any atom is 0.193 e. The van der Waals surface area contributed by atoms with Crippen LogP contribution in [-0.4, -0.2) is 30.6 Å². The highest BCUT2D eigenvalue weighted by Gasteiger charge is 2.29. The zero-order chi connectivity index (χ0) is 13.0. The molecular weight excluding hydrogens is 246 g/mol. The van der Waals surface area contributed by atoms with Crippen LogP contribution in [-0.2, 0) is 11.2 Å². The molecular formula is C14H19NO2S. The maximum atomic E-state index is 11.3. The predicted molar refractivity (Wildman–Crippen MR) is 75.2 cm³/mol. The highest BCUT2D eigenvalue weighted by Crippen LogP contribution is 2.26. The first-order valence-electron chi connectivity index (χ1n) is 6.21. The van der Waals surface area contributed by atoms with E-state index in [0.717, 1.165) is 24.2 Å². The zero-order valence-electron chi connectivity index (χ0n) is 10.8. The molecule has 0 aliphatic heterocycles. The Hall–Kier alpha value is -1.00. The molecule has 2 rings (SSSR count). The van der Waals surface area contributed by atoms with Crippen molar-refractivity contribution < 1.29 is 9.53 Å². The van der Waals surface area contributed by atoms with Crippen molar-refractivity contribution in [1.82, 2.24) is 5.32 Å². The van der Waals surface area contributed by atoms with Gasteiger partial charge in [0.25, 0.3) is 0 Å². The van der Waals surface area contributed by atoms with E-state index in [0.29, 0.717) is 18.6 Å². The Morgan fingerprint density at radius 1 is 1.39 bits per heavy atom. The van der Waals surface area contributed by atoms with E-state index in [4.69, 9.17) is 4.74 Å². The fourth-order valence-electron chi connectivity index (χ4n) is 2.01. The first-order chi connectivity index (χ1) is 8.71. The summed E-state index contributed by atoms with van der Waals surface area (Å²) in [6.07, 6.45) is 4.79. The summed E-state index contributed by atoms with van der Waals surface area (Å²) >= 11 is 1.27. The number of hydrogen-bond donors (Lipinski definition) is 1. The van der Waals surface area contributed by atoms with Crippen LogP contribution in [0.5, 0.6) is 5.75 Å². The standard InChI is InChI=1S/C14H19NO2S/c1-15-11-8-13(9-11)17-12-5-3-10(4-6-12)7-14(16)18-2/h3-6,11,13,15H,7-9H2,1-2H3/t11-,13-. The quantitative estimate of drug-likeness (QED) is 0.886. The fourth-order valence-corrected chi connectivity index (χ4v) is 2.33. The molecule has 0 saturated heterocycles. The van der Waals surface area contributed by atoms with Crippen LogP contribution in [0.2, 0.25) is 0 Å². The van der Waals surface area contributed by atoms with Crippen LogP contribution in [0.1, 0.15) is 18.4 Å². The van der Waals surface area contributed by atoms with Gasteiger partial charge in [-0.3, -0.25) is 4.79 Å². The van der Waals surface area contributed by atoms with E-state index in [1.165, 1.54) is 11.8 Å². The van der Waals surface area contributed by atoms with Crippen LogP contribution >= 0.6 is 11.8 Å². The number of carbonyl (C=O) groups excluding carboxylic acids is 1. The van der Waals surface area contributed by atoms with Gasteiger partial charge in [0.2, 0.25) is 0 Å². The first kappa shape index (κ1) is 13.4. The van der Waals surface area contributed by atoms with Crippen molar-refractivity contribution >= 4 is 16.9 Å². The molecule has 3 nitrogen and oxygen atoms in total. The molecule has 0 radical (unpaired) electrons. The summed E-state index contributed by atoms with van der Waals surface area (Å²) in [5.74, 6) is 0.898. The second-order valence-corrected chi connectivity index (χ2v) is 5.46.